The highest BCUT2D eigenvalue weighted by Gasteiger charge is 2.08. The fourth-order valence-electron chi connectivity index (χ4n) is 2.47. The highest BCUT2D eigenvalue weighted by molar-refractivity contribution is 5.16. The van der Waals surface area contributed by atoms with Crippen LogP contribution < -0.4 is 11.5 Å². The molecular formula is C18H24N2. The van der Waals surface area contributed by atoms with E-state index in [1.165, 1.54) is 11.1 Å². The molecule has 0 unspecified atom stereocenters. The van der Waals surface area contributed by atoms with Gasteiger partial charge in [-0.2, -0.15) is 0 Å². The SMILES string of the molecule is N[C@H](CC[C@@H](N)Cc1ccccc1)Cc1ccccc1. The van der Waals surface area contributed by atoms with Gasteiger partial charge in [-0.25, -0.2) is 0 Å². The zero-order chi connectivity index (χ0) is 14.2. The summed E-state index contributed by atoms with van der Waals surface area (Å²) in [5.74, 6) is 0. The third-order valence-corrected chi connectivity index (χ3v) is 3.59. The van der Waals surface area contributed by atoms with Crippen LogP contribution in [-0.2, 0) is 12.8 Å². The predicted molar refractivity (Wildman–Crippen MR) is 85.5 cm³/mol. The first-order valence-electron chi connectivity index (χ1n) is 7.33. The quantitative estimate of drug-likeness (QED) is 0.811. The molecule has 2 aromatic carbocycles. The molecule has 2 atom stereocenters. The van der Waals surface area contributed by atoms with Crippen LogP contribution in [-0.4, -0.2) is 12.1 Å². The van der Waals surface area contributed by atoms with Crippen LogP contribution in [0.25, 0.3) is 0 Å². The molecule has 2 nitrogen and oxygen atoms in total. The second-order valence-corrected chi connectivity index (χ2v) is 5.48. The number of hydrogen-bond donors (Lipinski definition) is 2. The summed E-state index contributed by atoms with van der Waals surface area (Å²) in [6.45, 7) is 0. The molecule has 0 saturated carbocycles. The van der Waals surface area contributed by atoms with Crippen molar-refractivity contribution in [1.82, 2.24) is 0 Å². The molecule has 0 aliphatic carbocycles. The molecule has 2 aromatic rings. The minimum Gasteiger partial charge on any atom is -0.327 e. The van der Waals surface area contributed by atoms with Crippen molar-refractivity contribution in [3.63, 3.8) is 0 Å². The maximum Gasteiger partial charge on any atom is 0.00799 e. The number of hydrogen-bond acceptors (Lipinski definition) is 2. The van der Waals surface area contributed by atoms with Crippen LogP contribution in [0, 0.1) is 0 Å². The van der Waals surface area contributed by atoms with Gasteiger partial charge in [-0.15, -0.1) is 0 Å². The summed E-state index contributed by atoms with van der Waals surface area (Å²) in [6.07, 6.45) is 3.81. The van der Waals surface area contributed by atoms with Gasteiger partial charge >= 0.3 is 0 Å². The largest absolute Gasteiger partial charge is 0.327 e. The minimum atomic E-state index is 0.194. The summed E-state index contributed by atoms with van der Waals surface area (Å²) in [4.78, 5) is 0. The lowest BCUT2D eigenvalue weighted by molar-refractivity contribution is 0.514. The summed E-state index contributed by atoms with van der Waals surface area (Å²) < 4.78 is 0. The molecule has 0 radical (unpaired) electrons. The maximum absolute atomic E-state index is 6.19. The Morgan fingerprint density at radius 2 is 0.950 bits per heavy atom. The van der Waals surface area contributed by atoms with E-state index in [1.807, 2.05) is 12.1 Å². The van der Waals surface area contributed by atoms with Crippen molar-refractivity contribution >= 4 is 0 Å². The fraction of sp³-hybridized carbons (Fsp3) is 0.333. The monoisotopic (exact) mass is 268 g/mol. The molecule has 0 aromatic heterocycles. The second kappa shape index (κ2) is 7.83. The first kappa shape index (κ1) is 14.8. The predicted octanol–water partition coefficient (Wildman–Crippen LogP) is 2.91. The maximum atomic E-state index is 6.19. The highest BCUT2D eigenvalue weighted by Crippen LogP contribution is 2.10. The lowest BCUT2D eigenvalue weighted by Gasteiger charge is -2.16. The molecule has 0 amide bonds. The number of rotatable bonds is 7. The molecule has 0 heterocycles. The van der Waals surface area contributed by atoms with Gasteiger partial charge < -0.3 is 11.5 Å². The van der Waals surface area contributed by atoms with Crippen molar-refractivity contribution in [2.24, 2.45) is 11.5 Å². The van der Waals surface area contributed by atoms with Crippen LogP contribution in [0.1, 0.15) is 24.0 Å². The number of nitrogens with two attached hydrogens (primary N) is 2. The molecular weight excluding hydrogens is 244 g/mol. The first-order valence-corrected chi connectivity index (χ1v) is 7.33. The molecule has 4 N–H and O–H groups in total. The normalized spacial score (nSPS) is 13.9. The van der Waals surface area contributed by atoms with Gasteiger partial charge in [0, 0.05) is 12.1 Å². The summed E-state index contributed by atoms with van der Waals surface area (Å²) in [6, 6.07) is 21.2. The van der Waals surface area contributed by atoms with E-state index in [0.29, 0.717) is 0 Å². The van der Waals surface area contributed by atoms with Gasteiger partial charge in [0.15, 0.2) is 0 Å². The molecule has 0 aliphatic rings. The molecule has 0 saturated heterocycles. The van der Waals surface area contributed by atoms with Crippen LogP contribution in [0.4, 0.5) is 0 Å². The van der Waals surface area contributed by atoms with E-state index in [2.05, 4.69) is 48.5 Å². The summed E-state index contributed by atoms with van der Waals surface area (Å²) in [5.41, 5.74) is 15.0. The van der Waals surface area contributed by atoms with Crippen molar-refractivity contribution in [3.05, 3.63) is 71.8 Å². The zero-order valence-corrected chi connectivity index (χ0v) is 11.9. The van der Waals surface area contributed by atoms with E-state index in [0.717, 1.165) is 25.7 Å². The van der Waals surface area contributed by atoms with Gasteiger partial charge in [0.2, 0.25) is 0 Å². The molecule has 0 spiro atoms. The van der Waals surface area contributed by atoms with Crippen molar-refractivity contribution in [3.8, 4) is 0 Å². The Bertz CT molecular complexity index is 434. The third-order valence-electron chi connectivity index (χ3n) is 3.59. The van der Waals surface area contributed by atoms with Crippen LogP contribution in [0.3, 0.4) is 0 Å². The van der Waals surface area contributed by atoms with Crippen LogP contribution >= 0.6 is 0 Å². The lowest BCUT2D eigenvalue weighted by atomic mass is 9.97. The Kier molecular flexibility index (Phi) is 5.78. The van der Waals surface area contributed by atoms with Gasteiger partial charge in [0.05, 0.1) is 0 Å². The Morgan fingerprint density at radius 3 is 1.30 bits per heavy atom. The lowest BCUT2D eigenvalue weighted by Crippen LogP contribution is -2.29. The highest BCUT2D eigenvalue weighted by atomic mass is 14.7. The van der Waals surface area contributed by atoms with Crippen LogP contribution in [0.5, 0.6) is 0 Å². The molecule has 0 fully saturated rings. The minimum absolute atomic E-state index is 0.194. The Labute approximate surface area is 121 Å². The van der Waals surface area contributed by atoms with Crippen molar-refractivity contribution in [2.75, 3.05) is 0 Å². The van der Waals surface area contributed by atoms with Gasteiger partial charge in [0.25, 0.3) is 0 Å². The average molecular weight is 268 g/mol. The topological polar surface area (TPSA) is 52.0 Å². The van der Waals surface area contributed by atoms with Gasteiger partial charge in [0.1, 0.15) is 0 Å². The fourth-order valence-corrected chi connectivity index (χ4v) is 2.47. The van der Waals surface area contributed by atoms with E-state index in [1.54, 1.807) is 0 Å². The van der Waals surface area contributed by atoms with E-state index in [9.17, 15) is 0 Å². The van der Waals surface area contributed by atoms with Gasteiger partial charge in [-0.1, -0.05) is 60.7 Å². The summed E-state index contributed by atoms with van der Waals surface area (Å²) in [5, 5.41) is 0. The molecule has 0 aliphatic heterocycles. The standard InChI is InChI=1S/C18H24N2/c19-17(13-15-7-3-1-4-8-15)11-12-18(20)14-16-9-5-2-6-10-16/h1-10,17-18H,11-14,19-20H2/t17-,18-/m1/s1. The van der Waals surface area contributed by atoms with Crippen molar-refractivity contribution in [2.45, 2.75) is 37.8 Å². The van der Waals surface area contributed by atoms with Crippen molar-refractivity contribution in [1.29, 1.82) is 0 Å². The summed E-state index contributed by atoms with van der Waals surface area (Å²) in [7, 11) is 0. The third kappa shape index (κ3) is 5.16. The Balaban J connectivity index is 1.71. The van der Waals surface area contributed by atoms with E-state index in [-0.39, 0.29) is 12.1 Å². The van der Waals surface area contributed by atoms with Crippen LogP contribution in [0.15, 0.2) is 60.7 Å². The smallest absolute Gasteiger partial charge is 0.00799 e. The second-order valence-electron chi connectivity index (χ2n) is 5.48. The first-order chi connectivity index (χ1) is 9.74. The molecule has 20 heavy (non-hydrogen) atoms. The van der Waals surface area contributed by atoms with Gasteiger partial charge in [-0.05, 0) is 36.8 Å². The van der Waals surface area contributed by atoms with Crippen LogP contribution in [0.2, 0.25) is 0 Å². The Morgan fingerprint density at radius 1 is 0.600 bits per heavy atom. The zero-order valence-electron chi connectivity index (χ0n) is 11.9. The number of benzene rings is 2. The molecule has 2 heteroatoms. The average Bonchev–Trinajstić information content (AvgIpc) is 2.47. The summed E-state index contributed by atoms with van der Waals surface area (Å²) >= 11 is 0. The molecule has 106 valence electrons. The van der Waals surface area contributed by atoms with Gasteiger partial charge in [-0.3, -0.25) is 0 Å². The molecule has 2 rings (SSSR count). The Hall–Kier alpha value is -1.64. The van der Waals surface area contributed by atoms with Crippen molar-refractivity contribution < 1.29 is 0 Å². The van der Waals surface area contributed by atoms with E-state index in [4.69, 9.17) is 11.5 Å². The molecule has 0 bridgehead atoms. The van der Waals surface area contributed by atoms with E-state index >= 15 is 0 Å². The van der Waals surface area contributed by atoms with E-state index < -0.39 is 0 Å².